The predicted octanol–water partition coefficient (Wildman–Crippen LogP) is 5.96. The molecule has 0 aliphatic heterocycles. The van der Waals surface area contributed by atoms with Crippen molar-refractivity contribution in [1.82, 2.24) is 4.98 Å². The summed E-state index contributed by atoms with van der Waals surface area (Å²) in [6.07, 6.45) is 4.54. The van der Waals surface area contributed by atoms with Gasteiger partial charge in [-0.05, 0) is 66.2 Å². The van der Waals surface area contributed by atoms with Crippen molar-refractivity contribution in [3.05, 3.63) is 72.6 Å². The van der Waals surface area contributed by atoms with Gasteiger partial charge < -0.3 is 18.9 Å². The fourth-order valence-electron chi connectivity index (χ4n) is 3.10. The second-order valence-corrected chi connectivity index (χ2v) is 7.78. The standard InChI is InChI=1S/C25H21NO5S/c1-28-18-8-4-16(5-9-18)25-24(21-12-11-19(29-2)14-22(21)32-25)31-20-10-6-17(26-15-20)7-13-23(27)30-3/h4-15H,1-3H3. The Hall–Kier alpha value is -3.84. The molecule has 4 rings (SSSR count). The topological polar surface area (TPSA) is 66.9 Å². The number of nitrogens with zero attached hydrogens (tertiary/aromatic N) is 1. The fourth-order valence-corrected chi connectivity index (χ4v) is 4.27. The van der Waals surface area contributed by atoms with Crippen LogP contribution in [-0.4, -0.2) is 32.3 Å². The molecule has 7 heteroatoms. The van der Waals surface area contributed by atoms with E-state index >= 15 is 0 Å². The van der Waals surface area contributed by atoms with Gasteiger partial charge in [0.1, 0.15) is 17.2 Å². The van der Waals surface area contributed by atoms with Crippen molar-refractivity contribution < 1.29 is 23.7 Å². The number of rotatable bonds is 7. The Balaban J connectivity index is 1.71. The van der Waals surface area contributed by atoms with E-state index in [1.807, 2.05) is 48.5 Å². The highest BCUT2D eigenvalue weighted by molar-refractivity contribution is 7.22. The van der Waals surface area contributed by atoms with Crippen LogP contribution in [0.15, 0.2) is 66.9 Å². The van der Waals surface area contributed by atoms with Crippen LogP contribution in [0.3, 0.4) is 0 Å². The molecule has 32 heavy (non-hydrogen) atoms. The maximum absolute atomic E-state index is 11.3. The Morgan fingerprint density at radius 2 is 1.62 bits per heavy atom. The lowest BCUT2D eigenvalue weighted by atomic mass is 10.1. The van der Waals surface area contributed by atoms with E-state index in [0.29, 0.717) is 11.4 Å². The zero-order valence-electron chi connectivity index (χ0n) is 17.8. The van der Waals surface area contributed by atoms with Crippen molar-refractivity contribution >= 4 is 33.5 Å². The molecule has 0 fully saturated rings. The van der Waals surface area contributed by atoms with Crippen LogP contribution in [0.2, 0.25) is 0 Å². The number of esters is 1. The van der Waals surface area contributed by atoms with E-state index in [0.717, 1.165) is 37.8 Å². The lowest BCUT2D eigenvalue weighted by Crippen LogP contribution is -1.94. The summed E-state index contributed by atoms with van der Waals surface area (Å²) in [5.41, 5.74) is 1.64. The second kappa shape index (κ2) is 9.53. The van der Waals surface area contributed by atoms with E-state index in [1.54, 1.807) is 43.9 Å². The minimum atomic E-state index is -0.434. The number of thiophene rings is 1. The summed E-state index contributed by atoms with van der Waals surface area (Å²) in [6.45, 7) is 0. The minimum absolute atomic E-state index is 0.434. The number of hydrogen-bond donors (Lipinski definition) is 0. The van der Waals surface area contributed by atoms with Crippen LogP contribution >= 0.6 is 11.3 Å². The molecule has 2 aromatic carbocycles. The van der Waals surface area contributed by atoms with Gasteiger partial charge in [0.2, 0.25) is 0 Å². The Morgan fingerprint density at radius 3 is 2.28 bits per heavy atom. The monoisotopic (exact) mass is 447 g/mol. The molecule has 0 aliphatic rings. The summed E-state index contributed by atoms with van der Waals surface area (Å²) >= 11 is 1.63. The molecule has 2 heterocycles. The molecule has 0 radical (unpaired) electrons. The minimum Gasteiger partial charge on any atom is -0.497 e. The number of carbonyl (C=O) groups is 1. The molecule has 4 aromatic rings. The molecular weight excluding hydrogens is 426 g/mol. The SMILES string of the molecule is COC(=O)C=Cc1ccc(Oc2c(-c3ccc(OC)cc3)sc3cc(OC)ccc23)cn1. The first-order valence-electron chi connectivity index (χ1n) is 9.76. The quantitative estimate of drug-likeness (QED) is 0.257. The first kappa shape index (κ1) is 21.4. The Morgan fingerprint density at radius 1 is 0.906 bits per heavy atom. The van der Waals surface area contributed by atoms with Gasteiger partial charge in [-0.2, -0.15) is 0 Å². The van der Waals surface area contributed by atoms with Gasteiger partial charge in [0.05, 0.1) is 38.1 Å². The Kier molecular flexibility index (Phi) is 6.37. The number of ether oxygens (including phenoxy) is 4. The number of benzene rings is 2. The fraction of sp³-hybridized carbons (Fsp3) is 0.120. The zero-order valence-corrected chi connectivity index (χ0v) is 18.6. The molecule has 0 aliphatic carbocycles. The van der Waals surface area contributed by atoms with Gasteiger partial charge in [0.15, 0.2) is 5.75 Å². The van der Waals surface area contributed by atoms with Crippen LogP contribution in [0.5, 0.6) is 23.0 Å². The summed E-state index contributed by atoms with van der Waals surface area (Å²) in [5, 5.41) is 0.983. The average molecular weight is 448 g/mol. The zero-order chi connectivity index (χ0) is 22.5. The van der Waals surface area contributed by atoms with Crippen molar-refractivity contribution in [1.29, 1.82) is 0 Å². The molecule has 0 saturated carbocycles. The Bertz CT molecular complexity index is 1260. The number of pyridine rings is 1. The average Bonchev–Trinajstić information content (AvgIpc) is 3.20. The van der Waals surface area contributed by atoms with Crippen molar-refractivity contribution in [2.75, 3.05) is 21.3 Å². The highest BCUT2D eigenvalue weighted by atomic mass is 32.1. The predicted molar refractivity (Wildman–Crippen MR) is 126 cm³/mol. The van der Waals surface area contributed by atoms with Crippen LogP contribution in [0, 0.1) is 0 Å². The molecule has 0 bridgehead atoms. The van der Waals surface area contributed by atoms with Crippen LogP contribution in [0.4, 0.5) is 0 Å². The second-order valence-electron chi connectivity index (χ2n) is 6.73. The number of hydrogen-bond acceptors (Lipinski definition) is 7. The van der Waals surface area contributed by atoms with Crippen LogP contribution < -0.4 is 14.2 Å². The molecule has 0 atom stereocenters. The molecule has 162 valence electrons. The highest BCUT2D eigenvalue weighted by Gasteiger charge is 2.17. The van der Waals surface area contributed by atoms with Gasteiger partial charge in [0, 0.05) is 16.2 Å². The Labute approximate surface area is 189 Å². The molecule has 0 amide bonds. The maximum atomic E-state index is 11.3. The molecular formula is C25H21NO5S. The van der Waals surface area contributed by atoms with Crippen molar-refractivity contribution in [3.63, 3.8) is 0 Å². The summed E-state index contributed by atoms with van der Waals surface area (Å²) in [6, 6.07) is 17.4. The third-order valence-electron chi connectivity index (χ3n) is 4.77. The van der Waals surface area contributed by atoms with Crippen LogP contribution in [0.25, 0.3) is 26.6 Å². The van der Waals surface area contributed by atoms with Gasteiger partial charge in [0.25, 0.3) is 0 Å². The first-order valence-corrected chi connectivity index (χ1v) is 10.6. The number of aromatic nitrogens is 1. The van der Waals surface area contributed by atoms with Crippen LogP contribution in [0.1, 0.15) is 5.69 Å². The normalized spacial score (nSPS) is 11.0. The summed E-state index contributed by atoms with van der Waals surface area (Å²) in [5.74, 6) is 2.48. The van der Waals surface area contributed by atoms with Crippen molar-refractivity contribution in [2.45, 2.75) is 0 Å². The maximum Gasteiger partial charge on any atom is 0.330 e. The van der Waals surface area contributed by atoms with E-state index in [1.165, 1.54) is 13.2 Å². The molecule has 6 nitrogen and oxygen atoms in total. The van der Waals surface area contributed by atoms with Crippen LogP contribution in [-0.2, 0) is 9.53 Å². The van der Waals surface area contributed by atoms with E-state index in [-0.39, 0.29) is 0 Å². The van der Waals surface area contributed by atoms with E-state index in [9.17, 15) is 4.79 Å². The molecule has 0 saturated heterocycles. The third kappa shape index (κ3) is 4.58. The highest BCUT2D eigenvalue weighted by Crippen LogP contribution is 2.47. The van der Waals surface area contributed by atoms with Gasteiger partial charge >= 0.3 is 5.97 Å². The van der Waals surface area contributed by atoms with Crippen molar-refractivity contribution in [3.8, 4) is 33.4 Å². The summed E-state index contributed by atoms with van der Waals surface area (Å²) in [4.78, 5) is 16.6. The van der Waals surface area contributed by atoms with Gasteiger partial charge in [-0.15, -0.1) is 11.3 Å². The largest absolute Gasteiger partial charge is 0.497 e. The summed E-state index contributed by atoms with van der Waals surface area (Å²) in [7, 11) is 4.63. The summed E-state index contributed by atoms with van der Waals surface area (Å²) < 4.78 is 22.6. The number of carbonyl (C=O) groups excluding carboxylic acids is 1. The van der Waals surface area contributed by atoms with Gasteiger partial charge in [-0.25, -0.2) is 4.79 Å². The molecule has 0 N–H and O–H groups in total. The van der Waals surface area contributed by atoms with Gasteiger partial charge in [-0.3, -0.25) is 4.98 Å². The lowest BCUT2D eigenvalue weighted by Gasteiger charge is -2.09. The van der Waals surface area contributed by atoms with Crippen molar-refractivity contribution in [2.24, 2.45) is 0 Å². The number of fused-ring (bicyclic) bond motifs is 1. The molecule has 0 spiro atoms. The lowest BCUT2D eigenvalue weighted by molar-refractivity contribution is -0.134. The molecule has 0 unspecified atom stereocenters. The van der Waals surface area contributed by atoms with E-state index in [4.69, 9.17) is 14.2 Å². The van der Waals surface area contributed by atoms with E-state index < -0.39 is 5.97 Å². The number of methoxy groups -OCH3 is 3. The first-order chi connectivity index (χ1) is 15.6. The van der Waals surface area contributed by atoms with Gasteiger partial charge in [-0.1, -0.05) is 0 Å². The molecule has 2 aromatic heterocycles. The van der Waals surface area contributed by atoms with E-state index in [2.05, 4.69) is 9.72 Å². The third-order valence-corrected chi connectivity index (χ3v) is 5.96. The smallest absolute Gasteiger partial charge is 0.330 e.